The summed E-state index contributed by atoms with van der Waals surface area (Å²) in [5.74, 6) is -0.904. The molecule has 4 nitrogen and oxygen atoms in total. The largest absolute Gasteiger partial charge is 0.452 e. The van der Waals surface area contributed by atoms with Crippen molar-refractivity contribution >= 4 is 35.0 Å². The van der Waals surface area contributed by atoms with Gasteiger partial charge in [0.2, 0.25) is 0 Å². The van der Waals surface area contributed by atoms with Crippen LogP contribution in [0, 0.1) is 6.92 Å². The predicted molar refractivity (Wildman–Crippen MR) is 84.1 cm³/mol. The highest BCUT2D eigenvalue weighted by atomic mass is 32.1. The molecular formula is C16H15NO3S. The Morgan fingerprint density at radius 1 is 1.33 bits per heavy atom. The number of rotatable bonds is 5. The summed E-state index contributed by atoms with van der Waals surface area (Å²) in [7, 11) is 0. The summed E-state index contributed by atoms with van der Waals surface area (Å²) < 4.78 is 4.87. The molecule has 0 aliphatic rings. The van der Waals surface area contributed by atoms with Crippen LogP contribution < -0.4 is 5.32 Å². The molecule has 0 radical (unpaired) electrons. The van der Waals surface area contributed by atoms with Crippen LogP contribution in [0.4, 0.5) is 5.69 Å². The van der Waals surface area contributed by atoms with E-state index in [0.717, 1.165) is 11.1 Å². The highest BCUT2D eigenvalue weighted by molar-refractivity contribution is 7.08. The number of ether oxygens (including phenoxy) is 1. The van der Waals surface area contributed by atoms with E-state index in [0.29, 0.717) is 5.69 Å². The summed E-state index contributed by atoms with van der Waals surface area (Å²) in [6.07, 6.45) is 2.96. The topological polar surface area (TPSA) is 55.4 Å². The number of carbonyl (C=O) groups is 2. The number of benzene rings is 1. The Morgan fingerprint density at radius 3 is 2.90 bits per heavy atom. The molecule has 0 atom stereocenters. The lowest BCUT2D eigenvalue weighted by molar-refractivity contribution is -0.142. The maximum absolute atomic E-state index is 11.7. The minimum atomic E-state index is -0.541. The van der Waals surface area contributed by atoms with Crippen molar-refractivity contribution in [2.24, 2.45) is 0 Å². The molecule has 5 heteroatoms. The Hall–Kier alpha value is -2.40. The van der Waals surface area contributed by atoms with Crippen LogP contribution in [0.25, 0.3) is 6.08 Å². The first-order chi connectivity index (χ1) is 10.1. The zero-order valence-electron chi connectivity index (χ0n) is 11.5. The van der Waals surface area contributed by atoms with E-state index in [1.807, 2.05) is 41.9 Å². The molecular weight excluding hydrogens is 286 g/mol. The van der Waals surface area contributed by atoms with Crippen molar-refractivity contribution in [1.29, 1.82) is 0 Å². The molecule has 1 aromatic carbocycles. The molecule has 2 rings (SSSR count). The van der Waals surface area contributed by atoms with E-state index in [1.165, 1.54) is 6.08 Å². The molecule has 1 amide bonds. The Kier molecular flexibility index (Phi) is 5.29. The third-order valence-corrected chi connectivity index (χ3v) is 3.30. The molecule has 0 saturated carbocycles. The summed E-state index contributed by atoms with van der Waals surface area (Å²) in [5.41, 5.74) is 2.66. The number of thiophene rings is 1. The van der Waals surface area contributed by atoms with Crippen LogP contribution in [0.3, 0.4) is 0 Å². The Morgan fingerprint density at radius 2 is 2.19 bits per heavy atom. The number of esters is 1. The van der Waals surface area contributed by atoms with Gasteiger partial charge in [0.05, 0.1) is 0 Å². The van der Waals surface area contributed by atoms with Crippen molar-refractivity contribution in [3.8, 4) is 0 Å². The maximum atomic E-state index is 11.7. The third kappa shape index (κ3) is 5.24. The van der Waals surface area contributed by atoms with Crippen LogP contribution in [0.15, 0.2) is 47.2 Å². The minimum absolute atomic E-state index is 0.305. The number of aryl methyl sites for hydroxylation is 1. The highest BCUT2D eigenvalue weighted by Gasteiger charge is 2.05. The SMILES string of the molecule is Cc1cccc(NC(=O)COC(=O)/C=C/c2ccsc2)c1. The first-order valence-electron chi connectivity index (χ1n) is 6.37. The van der Waals surface area contributed by atoms with E-state index < -0.39 is 5.97 Å². The highest BCUT2D eigenvalue weighted by Crippen LogP contribution is 2.09. The van der Waals surface area contributed by atoms with Gasteiger partial charge < -0.3 is 10.1 Å². The fourth-order valence-corrected chi connectivity index (χ4v) is 2.27. The fraction of sp³-hybridized carbons (Fsp3) is 0.125. The summed E-state index contributed by atoms with van der Waals surface area (Å²) >= 11 is 1.54. The van der Waals surface area contributed by atoms with Crippen LogP contribution in [-0.4, -0.2) is 18.5 Å². The Bertz CT molecular complexity index is 647. The van der Waals surface area contributed by atoms with Crippen molar-refractivity contribution in [2.75, 3.05) is 11.9 Å². The predicted octanol–water partition coefficient (Wildman–Crippen LogP) is 3.25. The van der Waals surface area contributed by atoms with Crippen molar-refractivity contribution < 1.29 is 14.3 Å². The molecule has 0 saturated heterocycles. The quantitative estimate of drug-likeness (QED) is 0.681. The van der Waals surface area contributed by atoms with E-state index in [2.05, 4.69) is 5.32 Å². The number of nitrogens with one attached hydrogen (secondary N) is 1. The molecule has 0 unspecified atom stereocenters. The normalized spacial score (nSPS) is 10.5. The number of hydrogen-bond acceptors (Lipinski definition) is 4. The van der Waals surface area contributed by atoms with E-state index in [9.17, 15) is 9.59 Å². The molecule has 1 aromatic heterocycles. The van der Waals surface area contributed by atoms with Gasteiger partial charge in [0.25, 0.3) is 5.91 Å². The maximum Gasteiger partial charge on any atom is 0.331 e. The lowest BCUT2D eigenvalue weighted by Crippen LogP contribution is -2.20. The second-order valence-corrected chi connectivity index (χ2v) is 5.20. The number of carbonyl (C=O) groups excluding carboxylic acids is 2. The summed E-state index contributed by atoms with van der Waals surface area (Å²) in [5, 5.41) is 6.50. The summed E-state index contributed by atoms with van der Waals surface area (Å²) in [4.78, 5) is 23.1. The van der Waals surface area contributed by atoms with E-state index in [1.54, 1.807) is 23.5 Å². The van der Waals surface area contributed by atoms with Gasteiger partial charge in [0.15, 0.2) is 6.61 Å². The molecule has 108 valence electrons. The lowest BCUT2D eigenvalue weighted by atomic mass is 10.2. The van der Waals surface area contributed by atoms with Gasteiger partial charge in [-0.15, -0.1) is 0 Å². The molecule has 0 bridgehead atoms. The van der Waals surface area contributed by atoms with Crippen molar-refractivity contribution in [3.63, 3.8) is 0 Å². The third-order valence-electron chi connectivity index (χ3n) is 2.60. The van der Waals surface area contributed by atoms with Gasteiger partial charge in [-0.05, 0) is 53.1 Å². The lowest BCUT2D eigenvalue weighted by Gasteiger charge is -2.05. The Balaban J connectivity index is 1.77. The van der Waals surface area contributed by atoms with Gasteiger partial charge in [-0.2, -0.15) is 11.3 Å². The smallest absolute Gasteiger partial charge is 0.331 e. The van der Waals surface area contributed by atoms with Gasteiger partial charge in [-0.25, -0.2) is 4.79 Å². The molecule has 2 aromatic rings. The standard InChI is InChI=1S/C16H15NO3S/c1-12-3-2-4-14(9-12)17-15(18)10-20-16(19)6-5-13-7-8-21-11-13/h2-9,11H,10H2,1H3,(H,17,18)/b6-5+. The van der Waals surface area contributed by atoms with Gasteiger partial charge in [0, 0.05) is 11.8 Å². The van der Waals surface area contributed by atoms with Gasteiger partial charge in [0.1, 0.15) is 0 Å². The first kappa shape index (κ1) is 15.0. The van der Waals surface area contributed by atoms with Crippen LogP contribution in [0.2, 0.25) is 0 Å². The molecule has 0 aliphatic heterocycles. The van der Waals surface area contributed by atoms with Crippen LogP contribution in [-0.2, 0) is 14.3 Å². The van der Waals surface area contributed by atoms with Crippen molar-refractivity contribution in [1.82, 2.24) is 0 Å². The average molecular weight is 301 g/mol. The number of amides is 1. The van der Waals surface area contributed by atoms with Gasteiger partial charge in [-0.3, -0.25) is 4.79 Å². The fourth-order valence-electron chi connectivity index (χ4n) is 1.64. The summed E-state index contributed by atoms with van der Waals surface area (Å²) in [6, 6.07) is 9.30. The average Bonchev–Trinajstić information content (AvgIpc) is 2.96. The van der Waals surface area contributed by atoms with Crippen LogP contribution in [0.5, 0.6) is 0 Å². The minimum Gasteiger partial charge on any atom is -0.452 e. The van der Waals surface area contributed by atoms with Crippen molar-refractivity contribution in [3.05, 3.63) is 58.3 Å². The first-order valence-corrected chi connectivity index (χ1v) is 7.31. The van der Waals surface area contributed by atoms with Crippen molar-refractivity contribution in [2.45, 2.75) is 6.92 Å². The number of hydrogen-bond donors (Lipinski definition) is 1. The van der Waals surface area contributed by atoms with Gasteiger partial charge in [-0.1, -0.05) is 12.1 Å². The molecule has 0 spiro atoms. The monoisotopic (exact) mass is 301 g/mol. The second-order valence-electron chi connectivity index (χ2n) is 4.42. The van der Waals surface area contributed by atoms with Gasteiger partial charge >= 0.3 is 5.97 Å². The van der Waals surface area contributed by atoms with Crippen LogP contribution in [0.1, 0.15) is 11.1 Å². The Labute approximate surface area is 127 Å². The molecule has 0 fully saturated rings. The van der Waals surface area contributed by atoms with E-state index >= 15 is 0 Å². The molecule has 1 N–H and O–H groups in total. The number of anilines is 1. The van der Waals surface area contributed by atoms with E-state index in [-0.39, 0.29) is 12.5 Å². The van der Waals surface area contributed by atoms with Crippen LogP contribution >= 0.6 is 11.3 Å². The molecule has 0 aliphatic carbocycles. The zero-order valence-corrected chi connectivity index (χ0v) is 12.4. The molecule has 1 heterocycles. The summed E-state index contributed by atoms with van der Waals surface area (Å²) in [6.45, 7) is 1.63. The van der Waals surface area contributed by atoms with E-state index in [4.69, 9.17) is 4.74 Å². The molecule has 21 heavy (non-hydrogen) atoms. The second kappa shape index (κ2) is 7.40. The zero-order chi connectivity index (χ0) is 15.1.